The summed E-state index contributed by atoms with van der Waals surface area (Å²) in [6.07, 6.45) is -11.0. The van der Waals surface area contributed by atoms with Crippen molar-refractivity contribution in [2.75, 3.05) is 9.80 Å². The Balaban J connectivity index is 1.33. The predicted molar refractivity (Wildman–Crippen MR) is 181 cm³/mol. The van der Waals surface area contributed by atoms with Crippen molar-refractivity contribution < 1.29 is 72.6 Å². The number of aromatic hydroxyl groups is 1. The van der Waals surface area contributed by atoms with Crippen LogP contribution in [0.4, 0.5) is 59.7 Å². The molecule has 0 aromatic heterocycles. The Morgan fingerprint density at radius 3 is 1.84 bits per heavy atom. The molecule has 4 aromatic carbocycles. The number of carbonyl (C=O) groups excluding carboxylic acids is 4. The number of fused-ring (bicyclic) bond motifs is 5. The number of anilines is 2. The Hall–Kier alpha value is -5.23. The van der Waals surface area contributed by atoms with E-state index in [9.17, 15) is 63.8 Å². The van der Waals surface area contributed by atoms with E-state index in [-0.39, 0.29) is 39.6 Å². The van der Waals surface area contributed by atoms with Crippen LogP contribution >= 0.6 is 23.2 Å². The number of carbonyl (C=O) groups is 4. The van der Waals surface area contributed by atoms with Crippen LogP contribution in [-0.4, -0.2) is 38.5 Å². The number of imide groups is 2. The molecule has 8 rings (SSSR count). The summed E-state index contributed by atoms with van der Waals surface area (Å²) in [6, 6.07) is 8.77. The first-order valence-electron chi connectivity index (χ1n) is 16.8. The maximum atomic E-state index is 15.3. The maximum Gasteiger partial charge on any atom is 0.416 e. The number of halogens is 13. The molecule has 2 aliphatic heterocycles. The number of allylic oxidation sites excluding steroid dienone is 2. The second-order valence-corrected chi connectivity index (χ2v) is 15.4. The van der Waals surface area contributed by atoms with E-state index < -0.39 is 144 Å². The van der Waals surface area contributed by atoms with Crippen molar-refractivity contribution in [1.82, 2.24) is 0 Å². The highest BCUT2D eigenvalue weighted by molar-refractivity contribution is 6.58. The lowest BCUT2D eigenvalue weighted by Gasteiger charge is -2.50. The molecule has 4 amide bonds. The molecule has 7 nitrogen and oxygen atoms in total. The fourth-order valence-corrected chi connectivity index (χ4v) is 9.67. The third-order valence-electron chi connectivity index (χ3n) is 11.3. The van der Waals surface area contributed by atoms with Crippen molar-refractivity contribution in [1.29, 1.82) is 0 Å². The van der Waals surface area contributed by atoms with Gasteiger partial charge in [-0.3, -0.25) is 19.2 Å². The van der Waals surface area contributed by atoms with Gasteiger partial charge in [-0.2, -0.15) is 26.3 Å². The molecule has 0 spiro atoms. The fraction of sp³-hybridized carbons (Fsp3) is 0.263. The summed E-state index contributed by atoms with van der Waals surface area (Å²) in [5.41, 5.74) is -7.31. The molecule has 0 unspecified atom stereocenters. The van der Waals surface area contributed by atoms with Crippen molar-refractivity contribution >= 4 is 69.0 Å². The number of amides is 4. The van der Waals surface area contributed by atoms with Gasteiger partial charge >= 0.3 is 12.4 Å². The van der Waals surface area contributed by atoms with E-state index in [1.807, 2.05) is 0 Å². The van der Waals surface area contributed by atoms with Gasteiger partial charge in [-0.1, -0.05) is 48.0 Å². The first kappa shape index (κ1) is 39.6. The molecule has 20 heteroatoms. The molecule has 2 saturated heterocycles. The van der Waals surface area contributed by atoms with Gasteiger partial charge in [0.15, 0.2) is 33.0 Å². The third kappa shape index (κ3) is 5.18. The van der Waals surface area contributed by atoms with Crippen molar-refractivity contribution in [3.63, 3.8) is 0 Å². The van der Waals surface area contributed by atoms with Crippen LogP contribution in [0.3, 0.4) is 0 Å². The smallest absolute Gasteiger partial charge is 0.416 e. The number of phenolic OH excluding ortho intramolecular Hbond substituents is 1. The highest BCUT2D eigenvalue weighted by Crippen LogP contribution is 2.67. The molecule has 2 heterocycles. The van der Waals surface area contributed by atoms with Crippen LogP contribution < -0.4 is 9.80 Å². The second-order valence-electron chi connectivity index (χ2n) is 14.2. The number of phenols is 1. The standard InChI is InChI=1S/C38H19Cl2F11N2O5/c39-35-12-21-18(7-8-19-22(21)32(56)52(31(19)55)16-10-14(37(46,47)48)9-15(11-16)38(49,50)51)23(20-6-5-13-3-1-2-4-17(13)30(20)54)36(35,40)34(58)53(33(35)57)29-27(44)25(42)24(41)26(43)28(29)45/h1-7,9-11,19,21-23,54H,8,12H2/t19-,21+,22-,23+,35+,36-/m0/s1. The normalized spacial score (nSPS) is 27.3. The lowest BCUT2D eigenvalue weighted by Crippen LogP contribution is -2.60. The second kappa shape index (κ2) is 12.6. The number of rotatable bonds is 3. The van der Waals surface area contributed by atoms with Gasteiger partial charge in [0, 0.05) is 16.9 Å². The SMILES string of the molecule is O=C1[C@H]2[C@H](CC=C3[C@H]2C[C@@]2(Cl)C(=O)N(c4c(F)c(F)c(F)c(F)c4F)C(=O)[C@@]2(Cl)[C@H]3c2ccc3ccccc3c2O)C(=O)N1c1cc(C(F)(F)F)cc(C(F)(F)F)c1. The lowest BCUT2D eigenvalue weighted by molar-refractivity contribution is -0.143. The minimum atomic E-state index is -5.38. The van der Waals surface area contributed by atoms with E-state index in [1.165, 1.54) is 30.3 Å². The minimum Gasteiger partial charge on any atom is -0.507 e. The number of nitrogens with zero attached hydrogens (tertiary/aromatic N) is 2. The zero-order valence-electron chi connectivity index (χ0n) is 28.4. The van der Waals surface area contributed by atoms with Crippen molar-refractivity contribution in [2.24, 2.45) is 17.8 Å². The Bertz CT molecular complexity index is 2540. The van der Waals surface area contributed by atoms with E-state index in [1.54, 1.807) is 12.1 Å². The fourth-order valence-electron chi connectivity index (χ4n) is 8.74. The molecule has 4 aliphatic rings. The molecule has 4 aromatic rings. The van der Waals surface area contributed by atoms with Gasteiger partial charge in [0.2, 0.25) is 17.6 Å². The van der Waals surface area contributed by atoms with Crippen molar-refractivity contribution in [3.8, 4) is 5.75 Å². The third-order valence-corrected chi connectivity index (χ3v) is 12.7. The van der Waals surface area contributed by atoms with Crippen LogP contribution in [0.1, 0.15) is 35.4 Å². The number of hydrogen-bond donors (Lipinski definition) is 1. The van der Waals surface area contributed by atoms with Gasteiger partial charge in [-0.15, -0.1) is 23.2 Å². The van der Waals surface area contributed by atoms with Gasteiger partial charge < -0.3 is 5.11 Å². The van der Waals surface area contributed by atoms with E-state index in [0.717, 1.165) is 0 Å². The van der Waals surface area contributed by atoms with Gasteiger partial charge in [0.1, 0.15) is 11.4 Å². The molecule has 1 saturated carbocycles. The summed E-state index contributed by atoms with van der Waals surface area (Å²) in [6.45, 7) is 0. The summed E-state index contributed by atoms with van der Waals surface area (Å²) < 4.78 is 157. The zero-order valence-corrected chi connectivity index (χ0v) is 29.9. The molecular weight excluding hydrogens is 844 g/mol. The van der Waals surface area contributed by atoms with Gasteiger partial charge in [-0.25, -0.2) is 31.8 Å². The molecule has 3 fully saturated rings. The summed E-state index contributed by atoms with van der Waals surface area (Å²) >= 11 is 14.1. The topological polar surface area (TPSA) is 95.0 Å². The van der Waals surface area contributed by atoms with Crippen LogP contribution in [0.5, 0.6) is 5.75 Å². The predicted octanol–water partition coefficient (Wildman–Crippen LogP) is 9.05. The number of hydrogen-bond acceptors (Lipinski definition) is 5. The molecule has 0 bridgehead atoms. The lowest BCUT2D eigenvalue weighted by atomic mass is 9.56. The summed E-state index contributed by atoms with van der Waals surface area (Å²) in [5.74, 6) is -26.7. The molecular formula is C38H19Cl2F11N2O5. The molecule has 0 radical (unpaired) electrons. The zero-order chi connectivity index (χ0) is 42.3. The van der Waals surface area contributed by atoms with Crippen molar-refractivity contribution in [2.45, 2.75) is 40.9 Å². The summed E-state index contributed by atoms with van der Waals surface area (Å²) in [7, 11) is 0. The number of benzene rings is 4. The molecule has 6 atom stereocenters. The Kier molecular flexibility index (Phi) is 8.62. The molecule has 58 heavy (non-hydrogen) atoms. The average Bonchev–Trinajstić information content (AvgIpc) is 3.50. The minimum absolute atomic E-state index is 0.105. The Labute approximate surface area is 327 Å². The van der Waals surface area contributed by atoms with E-state index in [4.69, 9.17) is 23.2 Å². The number of alkyl halides is 8. The highest BCUT2D eigenvalue weighted by atomic mass is 35.5. The van der Waals surface area contributed by atoms with Crippen LogP contribution in [0.2, 0.25) is 0 Å². The van der Waals surface area contributed by atoms with Crippen molar-refractivity contribution in [3.05, 3.63) is 112 Å². The van der Waals surface area contributed by atoms with Gasteiger partial charge in [0.25, 0.3) is 11.8 Å². The Morgan fingerprint density at radius 2 is 1.26 bits per heavy atom. The van der Waals surface area contributed by atoms with E-state index in [0.29, 0.717) is 5.39 Å². The van der Waals surface area contributed by atoms with Gasteiger partial charge in [-0.05, 0) is 42.3 Å². The first-order valence-corrected chi connectivity index (χ1v) is 17.6. The van der Waals surface area contributed by atoms with Gasteiger partial charge in [0.05, 0.1) is 28.7 Å². The first-order chi connectivity index (χ1) is 27.0. The van der Waals surface area contributed by atoms with E-state index >= 15 is 8.78 Å². The summed E-state index contributed by atoms with van der Waals surface area (Å²) in [5, 5.41) is 12.2. The summed E-state index contributed by atoms with van der Waals surface area (Å²) in [4.78, 5) is 50.8. The van der Waals surface area contributed by atoms with Crippen LogP contribution in [0, 0.1) is 46.8 Å². The van der Waals surface area contributed by atoms with E-state index in [2.05, 4.69) is 0 Å². The highest BCUT2D eigenvalue weighted by Gasteiger charge is 2.77. The molecule has 2 aliphatic carbocycles. The van der Waals surface area contributed by atoms with Crippen LogP contribution in [-0.2, 0) is 31.5 Å². The quantitative estimate of drug-likeness (QED) is 0.0555. The largest absolute Gasteiger partial charge is 0.507 e. The molecule has 302 valence electrons. The van der Waals surface area contributed by atoms with Crippen LogP contribution in [0.15, 0.2) is 66.2 Å². The monoisotopic (exact) mass is 862 g/mol. The Morgan fingerprint density at radius 1 is 0.690 bits per heavy atom. The maximum absolute atomic E-state index is 15.3. The average molecular weight is 863 g/mol. The van der Waals surface area contributed by atoms with Crippen LogP contribution in [0.25, 0.3) is 10.8 Å². The molecule has 1 N–H and O–H groups in total.